The molecule has 6 unspecified atom stereocenters. The molecule has 0 saturated carbocycles. The summed E-state index contributed by atoms with van der Waals surface area (Å²) in [5, 5.41) is 17.1. The fourth-order valence-corrected chi connectivity index (χ4v) is 3.14. The van der Waals surface area contributed by atoms with Crippen LogP contribution in [0.4, 0.5) is 0 Å². The highest BCUT2D eigenvalue weighted by molar-refractivity contribution is 7.80. The summed E-state index contributed by atoms with van der Waals surface area (Å²) in [6.07, 6.45) is 1.64. The van der Waals surface area contributed by atoms with E-state index in [1.165, 1.54) is 0 Å². The Labute approximate surface area is 191 Å². The number of hydrogen-bond acceptors (Lipinski definition) is 6. The minimum absolute atomic E-state index is 0.0286. The molecule has 0 aromatic heterocycles. The van der Waals surface area contributed by atoms with Crippen molar-refractivity contribution in [2.75, 3.05) is 5.75 Å². The van der Waals surface area contributed by atoms with Gasteiger partial charge in [-0.1, -0.05) is 54.4 Å². The van der Waals surface area contributed by atoms with Gasteiger partial charge in [0.05, 0.1) is 6.04 Å². The van der Waals surface area contributed by atoms with E-state index in [2.05, 4.69) is 28.6 Å². The van der Waals surface area contributed by atoms with E-state index in [1.807, 2.05) is 34.6 Å². The highest BCUT2D eigenvalue weighted by atomic mass is 32.1. The SMILES string of the molecule is CCC(C)C(N)C(=O)NC(CC(C)C)C(=O)NC(CS)C(=O)NC(C(=O)O)C(C)CC. The quantitative estimate of drug-likeness (QED) is 0.212. The lowest BCUT2D eigenvalue weighted by Crippen LogP contribution is -2.58. The van der Waals surface area contributed by atoms with Crippen LogP contribution in [-0.4, -0.2) is 58.7 Å². The maximum absolute atomic E-state index is 12.9. The zero-order valence-electron chi connectivity index (χ0n) is 19.5. The first-order valence-electron chi connectivity index (χ1n) is 10.9. The third-order valence-corrected chi connectivity index (χ3v) is 5.86. The van der Waals surface area contributed by atoms with Crippen LogP contribution in [0.25, 0.3) is 0 Å². The average molecular weight is 461 g/mol. The van der Waals surface area contributed by atoms with Crippen LogP contribution < -0.4 is 21.7 Å². The molecular formula is C21H40N4O5S. The smallest absolute Gasteiger partial charge is 0.326 e. The molecule has 0 bridgehead atoms. The molecule has 10 heteroatoms. The summed E-state index contributed by atoms with van der Waals surface area (Å²) in [6.45, 7) is 11.2. The fraction of sp³-hybridized carbons (Fsp3) is 0.810. The van der Waals surface area contributed by atoms with Crippen molar-refractivity contribution >= 4 is 36.3 Å². The number of nitrogens with one attached hydrogen (secondary N) is 3. The van der Waals surface area contributed by atoms with Crippen LogP contribution >= 0.6 is 12.6 Å². The number of aliphatic carboxylic acids is 1. The van der Waals surface area contributed by atoms with Crippen molar-refractivity contribution in [2.24, 2.45) is 23.5 Å². The summed E-state index contributed by atoms with van der Waals surface area (Å²) in [5.41, 5.74) is 5.98. The first-order chi connectivity index (χ1) is 14.4. The molecule has 0 spiro atoms. The van der Waals surface area contributed by atoms with Gasteiger partial charge in [0.2, 0.25) is 17.7 Å². The van der Waals surface area contributed by atoms with E-state index >= 15 is 0 Å². The number of carboxylic acid groups (broad SMARTS) is 1. The van der Waals surface area contributed by atoms with Crippen molar-refractivity contribution in [2.45, 2.75) is 85.0 Å². The Bertz CT molecular complexity index is 617. The zero-order chi connectivity index (χ0) is 24.3. The Hall–Kier alpha value is -1.81. The van der Waals surface area contributed by atoms with E-state index in [-0.39, 0.29) is 23.5 Å². The lowest BCUT2D eigenvalue weighted by Gasteiger charge is -2.27. The van der Waals surface area contributed by atoms with Gasteiger partial charge in [0.15, 0.2) is 0 Å². The van der Waals surface area contributed by atoms with Crippen molar-refractivity contribution in [3.05, 3.63) is 0 Å². The van der Waals surface area contributed by atoms with Crippen molar-refractivity contribution in [1.29, 1.82) is 0 Å². The standard InChI is InChI=1S/C21H40N4O5S/c1-7-12(5)16(22)20(28)23-14(9-11(3)4)18(26)24-15(10-31)19(27)25-17(21(29)30)13(6)8-2/h11-17,31H,7-10,22H2,1-6H3,(H,23,28)(H,24,26)(H,25,27)(H,29,30). The number of amides is 3. The maximum Gasteiger partial charge on any atom is 0.326 e. The van der Waals surface area contributed by atoms with Crippen LogP contribution in [0.2, 0.25) is 0 Å². The third-order valence-electron chi connectivity index (χ3n) is 5.49. The van der Waals surface area contributed by atoms with Gasteiger partial charge in [-0.05, 0) is 24.2 Å². The fourth-order valence-electron chi connectivity index (χ4n) is 2.89. The molecule has 0 aliphatic rings. The van der Waals surface area contributed by atoms with Crippen LogP contribution in [0.15, 0.2) is 0 Å². The molecule has 0 radical (unpaired) electrons. The van der Waals surface area contributed by atoms with Gasteiger partial charge in [0.25, 0.3) is 0 Å². The van der Waals surface area contributed by atoms with E-state index in [9.17, 15) is 24.3 Å². The van der Waals surface area contributed by atoms with Crippen LogP contribution in [0.1, 0.15) is 60.8 Å². The zero-order valence-corrected chi connectivity index (χ0v) is 20.4. The largest absolute Gasteiger partial charge is 0.480 e. The highest BCUT2D eigenvalue weighted by Crippen LogP contribution is 2.11. The Kier molecular flexibility index (Phi) is 13.5. The number of carboxylic acids is 1. The molecule has 31 heavy (non-hydrogen) atoms. The van der Waals surface area contributed by atoms with Crippen LogP contribution in [0, 0.1) is 17.8 Å². The number of rotatable bonds is 14. The first kappa shape index (κ1) is 29.2. The molecule has 9 nitrogen and oxygen atoms in total. The van der Waals surface area contributed by atoms with Crippen molar-refractivity contribution in [1.82, 2.24) is 16.0 Å². The van der Waals surface area contributed by atoms with Gasteiger partial charge in [-0.25, -0.2) is 4.79 Å². The summed E-state index contributed by atoms with van der Waals surface area (Å²) in [7, 11) is 0. The summed E-state index contributed by atoms with van der Waals surface area (Å²) >= 11 is 4.13. The third kappa shape index (κ3) is 9.90. The minimum Gasteiger partial charge on any atom is -0.480 e. The predicted octanol–water partition coefficient (Wildman–Crippen LogP) is 0.921. The summed E-state index contributed by atoms with van der Waals surface area (Å²) in [4.78, 5) is 49.4. The molecule has 0 heterocycles. The van der Waals surface area contributed by atoms with Crippen molar-refractivity contribution < 1.29 is 24.3 Å². The lowest BCUT2D eigenvalue weighted by atomic mass is 9.97. The summed E-state index contributed by atoms with van der Waals surface area (Å²) in [5.74, 6) is -3.01. The number of carbonyl (C=O) groups is 4. The van der Waals surface area contributed by atoms with Gasteiger partial charge in [-0.3, -0.25) is 14.4 Å². The first-order valence-corrected chi connectivity index (χ1v) is 11.5. The molecular weight excluding hydrogens is 420 g/mol. The second kappa shape index (κ2) is 14.3. The molecule has 0 aliphatic carbocycles. The molecule has 6 atom stereocenters. The average Bonchev–Trinajstić information content (AvgIpc) is 2.72. The van der Waals surface area contributed by atoms with Gasteiger partial charge >= 0.3 is 5.97 Å². The highest BCUT2D eigenvalue weighted by Gasteiger charge is 2.32. The summed E-state index contributed by atoms with van der Waals surface area (Å²) < 4.78 is 0. The summed E-state index contributed by atoms with van der Waals surface area (Å²) in [6, 6.07) is -3.74. The lowest BCUT2D eigenvalue weighted by molar-refractivity contribution is -0.143. The maximum atomic E-state index is 12.9. The van der Waals surface area contributed by atoms with Gasteiger partial charge in [0.1, 0.15) is 18.1 Å². The molecule has 0 fully saturated rings. The second-order valence-corrected chi connectivity index (χ2v) is 8.92. The Morgan fingerprint density at radius 3 is 1.74 bits per heavy atom. The predicted molar refractivity (Wildman–Crippen MR) is 124 cm³/mol. The van der Waals surface area contributed by atoms with E-state index < -0.39 is 47.9 Å². The van der Waals surface area contributed by atoms with E-state index in [1.54, 1.807) is 6.92 Å². The number of carbonyl (C=O) groups excluding carboxylic acids is 3. The molecule has 6 N–H and O–H groups in total. The molecule has 180 valence electrons. The molecule has 0 rings (SSSR count). The molecule has 0 aliphatic heterocycles. The van der Waals surface area contributed by atoms with E-state index in [0.717, 1.165) is 6.42 Å². The van der Waals surface area contributed by atoms with E-state index in [4.69, 9.17) is 5.73 Å². The van der Waals surface area contributed by atoms with Gasteiger partial charge < -0.3 is 26.8 Å². The topological polar surface area (TPSA) is 151 Å². The molecule has 0 aromatic rings. The van der Waals surface area contributed by atoms with Crippen LogP contribution in [0.5, 0.6) is 0 Å². The Morgan fingerprint density at radius 2 is 1.32 bits per heavy atom. The molecule has 0 saturated heterocycles. The van der Waals surface area contributed by atoms with E-state index in [0.29, 0.717) is 12.8 Å². The van der Waals surface area contributed by atoms with Crippen molar-refractivity contribution in [3.8, 4) is 0 Å². The molecule has 0 aromatic carbocycles. The number of thiol groups is 1. The van der Waals surface area contributed by atoms with Gasteiger partial charge in [-0.2, -0.15) is 12.6 Å². The Morgan fingerprint density at radius 1 is 0.839 bits per heavy atom. The Balaban J connectivity index is 5.32. The molecule has 3 amide bonds. The minimum atomic E-state index is -1.14. The van der Waals surface area contributed by atoms with Crippen molar-refractivity contribution in [3.63, 3.8) is 0 Å². The second-order valence-electron chi connectivity index (χ2n) is 8.56. The normalized spacial score (nSPS) is 17.1. The monoisotopic (exact) mass is 460 g/mol. The number of nitrogens with two attached hydrogens (primary N) is 1. The van der Waals surface area contributed by atoms with Crippen LogP contribution in [0.3, 0.4) is 0 Å². The number of hydrogen-bond donors (Lipinski definition) is 6. The van der Waals surface area contributed by atoms with Gasteiger partial charge in [0, 0.05) is 5.75 Å². The van der Waals surface area contributed by atoms with Gasteiger partial charge in [-0.15, -0.1) is 0 Å². The van der Waals surface area contributed by atoms with Crippen LogP contribution in [-0.2, 0) is 19.2 Å².